The Kier molecular flexibility index (Phi) is 5.71. The van der Waals surface area contributed by atoms with E-state index >= 15 is 0 Å². The molecule has 1 aliphatic rings. The zero-order chi connectivity index (χ0) is 22.1. The predicted molar refractivity (Wildman–Crippen MR) is 119 cm³/mol. The summed E-state index contributed by atoms with van der Waals surface area (Å²) in [4.78, 5) is 12.5. The first kappa shape index (κ1) is 20.8. The van der Waals surface area contributed by atoms with Crippen LogP contribution in [0.3, 0.4) is 0 Å². The molecule has 1 fully saturated rings. The number of nitrogens with zero attached hydrogens (tertiary/aromatic N) is 4. The number of imidazole rings is 1. The third-order valence-corrected chi connectivity index (χ3v) is 5.93. The van der Waals surface area contributed by atoms with Gasteiger partial charge >= 0.3 is 0 Å². The summed E-state index contributed by atoms with van der Waals surface area (Å²) in [6, 6.07) is 14.6. The van der Waals surface area contributed by atoms with Crippen molar-refractivity contribution in [1.29, 1.82) is 0 Å². The number of aryl methyl sites for hydroxylation is 1. The van der Waals surface area contributed by atoms with Crippen LogP contribution in [0.15, 0.2) is 55.1 Å². The lowest BCUT2D eigenvalue weighted by Gasteiger charge is -2.22. The van der Waals surface area contributed by atoms with Crippen LogP contribution in [0.25, 0.3) is 21.9 Å². The normalized spacial score (nSPS) is 23.3. The molecule has 3 heterocycles. The molecule has 1 saturated heterocycles. The number of hydrogen-bond acceptors (Lipinski definition) is 8. The molecule has 4 N–H and O–H groups in total. The van der Waals surface area contributed by atoms with Gasteiger partial charge in [-0.05, 0) is 29.2 Å². The van der Waals surface area contributed by atoms with Gasteiger partial charge in [0.1, 0.15) is 30.2 Å². The van der Waals surface area contributed by atoms with Crippen molar-refractivity contribution in [2.45, 2.75) is 37.4 Å². The van der Waals surface area contributed by atoms with E-state index in [0.29, 0.717) is 17.8 Å². The van der Waals surface area contributed by atoms with Crippen molar-refractivity contribution in [1.82, 2.24) is 19.5 Å². The summed E-state index contributed by atoms with van der Waals surface area (Å²) in [5.74, 6) is 0.263. The number of aliphatic hydroxyl groups is 2. The molecule has 4 aromatic rings. The fourth-order valence-corrected chi connectivity index (χ4v) is 4.32. The number of aromatic nitrogens is 4. The van der Waals surface area contributed by atoms with E-state index in [0.717, 1.165) is 12.8 Å². The van der Waals surface area contributed by atoms with Gasteiger partial charge in [0.25, 0.3) is 0 Å². The summed E-state index contributed by atoms with van der Waals surface area (Å²) in [6.07, 6.45) is 1.38. The second-order valence-electron chi connectivity index (χ2n) is 7.90. The SMILES string of the molecule is Nc1ncnc2c1ncn2[C@@H]1O[C@H](CO)C(O)C1OCCCc1cccc2ccccc12. The van der Waals surface area contributed by atoms with E-state index < -0.39 is 24.5 Å². The molecule has 166 valence electrons. The number of anilines is 1. The van der Waals surface area contributed by atoms with Crippen LogP contribution in [-0.2, 0) is 15.9 Å². The highest BCUT2D eigenvalue weighted by Crippen LogP contribution is 2.34. The first-order valence-electron chi connectivity index (χ1n) is 10.6. The molecule has 0 radical (unpaired) electrons. The van der Waals surface area contributed by atoms with Crippen LogP contribution in [0.4, 0.5) is 5.82 Å². The second-order valence-corrected chi connectivity index (χ2v) is 7.90. The smallest absolute Gasteiger partial charge is 0.167 e. The van der Waals surface area contributed by atoms with Crippen LogP contribution in [0.1, 0.15) is 18.2 Å². The lowest BCUT2D eigenvalue weighted by molar-refractivity contribution is -0.0708. The van der Waals surface area contributed by atoms with Crippen molar-refractivity contribution >= 4 is 27.8 Å². The van der Waals surface area contributed by atoms with Gasteiger partial charge in [-0.2, -0.15) is 0 Å². The number of rotatable bonds is 7. The minimum Gasteiger partial charge on any atom is -0.394 e. The Labute approximate surface area is 184 Å². The maximum absolute atomic E-state index is 10.7. The molecule has 0 aliphatic carbocycles. The Morgan fingerprint density at radius 2 is 1.94 bits per heavy atom. The first-order valence-corrected chi connectivity index (χ1v) is 10.6. The minimum absolute atomic E-state index is 0.263. The molecule has 5 rings (SSSR count). The van der Waals surface area contributed by atoms with Crippen molar-refractivity contribution in [3.05, 3.63) is 60.7 Å². The predicted octanol–water partition coefficient (Wildman–Crippen LogP) is 1.83. The van der Waals surface area contributed by atoms with Gasteiger partial charge in [-0.15, -0.1) is 0 Å². The Hall–Kier alpha value is -3.11. The van der Waals surface area contributed by atoms with E-state index in [1.54, 1.807) is 10.9 Å². The second kappa shape index (κ2) is 8.79. The van der Waals surface area contributed by atoms with E-state index in [1.165, 1.54) is 22.7 Å². The van der Waals surface area contributed by atoms with Crippen LogP contribution < -0.4 is 5.73 Å². The number of nitrogens with two attached hydrogens (primary N) is 1. The van der Waals surface area contributed by atoms with Gasteiger partial charge in [0.15, 0.2) is 17.7 Å². The number of hydrogen-bond donors (Lipinski definition) is 3. The van der Waals surface area contributed by atoms with Gasteiger partial charge in [-0.3, -0.25) is 4.57 Å². The molecule has 0 amide bonds. The lowest BCUT2D eigenvalue weighted by Crippen LogP contribution is -2.35. The molecule has 0 bridgehead atoms. The molecule has 2 aromatic heterocycles. The molecule has 2 aromatic carbocycles. The van der Waals surface area contributed by atoms with Crippen molar-refractivity contribution < 1.29 is 19.7 Å². The zero-order valence-corrected chi connectivity index (χ0v) is 17.4. The summed E-state index contributed by atoms with van der Waals surface area (Å²) in [7, 11) is 0. The summed E-state index contributed by atoms with van der Waals surface area (Å²) < 4.78 is 13.7. The van der Waals surface area contributed by atoms with E-state index in [9.17, 15) is 10.2 Å². The molecule has 0 saturated carbocycles. The third kappa shape index (κ3) is 3.69. The van der Waals surface area contributed by atoms with Crippen molar-refractivity contribution in [3.63, 3.8) is 0 Å². The van der Waals surface area contributed by atoms with Crippen molar-refractivity contribution in [3.8, 4) is 0 Å². The van der Waals surface area contributed by atoms with E-state index in [1.807, 2.05) is 12.1 Å². The number of aliphatic hydroxyl groups excluding tert-OH is 2. The van der Waals surface area contributed by atoms with Crippen molar-refractivity contribution in [2.24, 2.45) is 0 Å². The molecule has 0 spiro atoms. The maximum atomic E-state index is 10.7. The highest BCUT2D eigenvalue weighted by atomic mass is 16.6. The van der Waals surface area contributed by atoms with Gasteiger partial charge < -0.3 is 25.4 Å². The standard InChI is InChI=1S/C23H25N5O4/c24-21-18-22(26-12-25-21)28(13-27-18)23-20(19(30)17(11-29)32-23)31-10-4-8-15-7-3-6-14-5-1-2-9-16(14)15/h1-3,5-7,9,12-13,17,19-20,23,29-30H,4,8,10-11H2,(H2,24,25,26)/t17-,19?,20?,23-/m1/s1. The first-order chi connectivity index (χ1) is 15.7. The summed E-state index contributed by atoms with van der Waals surface area (Å²) in [5.41, 5.74) is 8.08. The number of benzene rings is 2. The van der Waals surface area contributed by atoms with Crippen molar-refractivity contribution in [2.75, 3.05) is 18.9 Å². The van der Waals surface area contributed by atoms with E-state index in [4.69, 9.17) is 15.2 Å². The lowest BCUT2D eigenvalue weighted by atomic mass is 10.0. The Morgan fingerprint density at radius 1 is 1.09 bits per heavy atom. The number of nitrogen functional groups attached to an aromatic ring is 1. The average molecular weight is 435 g/mol. The Morgan fingerprint density at radius 3 is 2.81 bits per heavy atom. The van der Waals surface area contributed by atoms with Crippen LogP contribution in [0.5, 0.6) is 0 Å². The van der Waals surface area contributed by atoms with E-state index in [2.05, 4.69) is 45.3 Å². The van der Waals surface area contributed by atoms with Crippen LogP contribution in [0.2, 0.25) is 0 Å². The topological polar surface area (TPSA) is 129 Å². The zero-order valence-electron chi connectivity index (χ0n) is 17.4. The maximum Gasteiger partial charge on any atom is 0.167 e. The van der Waals surface area contributed by atoms with Gasteiger partial charge in [0.2, 0.25) is 0 Å². The monoisotopic (exact) mass is 435 g/mol. The Balaban J connectivity index is 1.31. The number of ether oxygens (including phenoxy) is 2. The van der Waals surface area contributed by atoms with Crippen LogP contribution >= 0.6 is 0 Å². The van der Waals surface area contributed by atoms with Gasteiger partial charge in [0.05, 0.1) is 12.9 Å². The quantitative estimate of drug-likeness (QED) is 0.375. The summed E-state index contributed by atoms with van der Waals surface area (Å²) >= 11 is 0. The molecule has 9 heteroatoms. The fraction of sp³-hybridized carbons (Fsp3) is 0.348. The highest BCUT2D eigenvalue weighted by molar-refractivity contribution is 5.85. The molecule has 32 heavy (non-hydrogen) atoms. The molecular formula is C23H25N5O4. The van der Waals surface area contributed by atoms with Gasteiger partial charge in [-0.25, -0.2) is 15.0 Å². The molecular weight excluding hydrogens is 410 g/mol. The fourth-order valence-electron chi connectivity index (χ4n) is 4.32. The van der Waals surface area contributed by atoms with Crippen LogP contribution in [0, 0.1) is 0 Å². The Bertz CT molecular complexity index is 1220. The summed E-state index contributed by atoms with van der Waals surface area (Å²) in [6.45, 7) is 0.101. The largest absolute Gasteiger partial charge is 0.394 e. The molecule has 2 unspecified atom stereocenters. The third-order valence-electron chi connectivity index (χ3n) is 5.93. The van der Waals surface area contributed by atoms with Crippen LogP contribution in [-0.4, -0.2) is 61.3 Å². The molecule has 9 nitrogen and oxygen atoms in total. The minimum atomic E-state index is -0.987. The summed E-state index contributed by atoms with van der Waals surface area (Å²) in [5, 5.41) is 22.8. The number of fused-ring (bicyclic) bond motifs is 2. The van der Waals surface area contributed by atoms with E-state index in [-0.39, 0.29) is 12.4 Å². The highest BCUT2D eigenvalue weighted by Gasteiger charge is 2.45. The van der Waals surface area contributed by atoms with Gasteiger partial charge in [-0.1, -0.05) is 42.5 Å². The average Bonchev–Trinajstić information content (AvgIpc) is 3.38. The van der Waals surface area contributed by atoms with Gasteiger partial charge in [0, 0.05) is 6.61 Å². The molecule has 1 aliphatic heterocycles. The molecule has 4 atom stereocenters.